The van der Waals surface area contributed by atoms with Crippen LogP contribution in [-0.4, -0.2) is 35.1 Å². The number of benzene rings is 2. The molecule has 9 heteroatoms. The fourth-order valence-corrected chi connectivity index (χ4v) is 4.63. The first-order valence-corrected chi connectivity index (χ1v) is 12.9. The third-order valence-electron chi connectivity index (χ3n) is 5.52. The first-order valence-electron chi connectivity index (χ1n) is 11.5. The van der Waals surface area contributed by atoms with Gasteiger partial charge in [0.1, 0.15) is 5.60 Å². The number of carbonyl (C=O) groups excluding carboxylic acids is 2. The van der Waals surface area contributed by atoms with Crippen LogP contribution in [0.15, 0.2) is 48.7 Å². The average molecular weight is 522 g/mol. The Balaban J connectivity index is 2.23. The number of aromatic nitrogens is 1. The van der Waals surface area contributed by atoms with Gasteiger partial charge in [-0.2, -0.15) is 24.9 Å². The molecule has 5 nitrogen and oxygen atoms in total. The zero-order valence-electron chi connectivity index (χ0n) is 20.9. The lowest BCUT2D eigenvalue weighted by molar-refractivity contribution is -0.143. The van der Waals surface area contributed by atoms with Gasteiger partial charge < -0.3 is 9.47 Å². The van der Waals surface area contributed by atoms with Crippen LogP contribution in [0, 0.1) is 0 Å². The van der Waals surface area contributed by atoms with Gasteiger partial charge in [0.2, 0.25) is 0 Å². The van der Waals surface area contributed by atoms with E-state index >= 15 is 0 Å². The standard InChI is InChI=1S/C27H30F3NO4S/c1-6-34-23(32)14-21(17-10-12-19(13-11-17)27(28,29)30)22-15-31(25(33)35-26(2,3)4)24-18(16-36-5)8-7-9-20(22)24/h7-13,15,21H,6,14,16H2,1-5H3. The summed E-state index contributed by atoms with van der Waals surface area (Å²) in [6.45, 7) is 7.18. The number of fused-ring (bicyclic) bond motifs is 1. The molecule has 0 N–H and O–H groups in total. The Bertz CT molecular complexity index is 1230. The van der Waals surface area contributed by atoms with E-state index in [0.717, 1.165) is 23.1 Å². The summed E-state index contributed by atoms with van der Waals surface area (Å²) < 4.78 is 51.8. The van der Waals surface area contributed by atoms with Gasteiger partial charge in [-0.25, -0.2) is 4.79 Å². The molecule has 0 radical (unpaired) electrons. The number of hydrogen-bond donors (Lipinski definition) is 0. The highest BCUT2D eigenvalue weighted by atomic mass is 32.2. The second-order valence-electron chi connectivity index (χ2n) is 9.36. The van der Waals surface area contributed by atoms with Gasteiger partial charge in [-0.15, -0.1) is 0 Å². The molecule has 3 aromatic rings. The molecule has 0 saturated carbocycles. The molecule has 0 amide bonds. The number of esters is 1. The molecule has 3 rings (SSSR count). The van der Waals surface area contributed by atoms with Crippen LogP contribution in [0.25, 0.3) is 10.9 Å². The second-order valence-corrected chi connectivity index (χ2v) is 10.2. The summed E-state index contributed by atoms with van der Waals surface area (Å²) in [5, 5.41) is 0.724. The van der Waals surface area contributed by atoms with Crippen LogP contribution in [0.3, 0.4) is 0 Å². The number of para-hydroxylation sites is 1. The summed E-state index contributed by atoms with van der Waals surface area (Å²) >= 11 is 1.59. The van der Waals surface area contributed by atoms with E-state index in [9.17, 15) is 22.8 Å². The van der Waals surface area contributed by atoms with Crippen LogP contribution in [0.2, 0.25) is 0 Å². The van der Waals surface area contributed by atoms with E-state index in [-0.39, 0.29) is 13.0 Å². The van der Waals surface area contributed by atoms with E-state index in [1.807, 2.05) is 24.5 Å². The molecule has 2 aromatic carbocycles. The van der Waals surface area contributed by atoms with Crippen LogP contribution < -0.4 is 0 Å². The Morgan fingerprint density at radius 1 is 1.06 bits per heavy atom. The number of hydrogen-bond acceptors (Lipinski definition) is 5. The Hall–Kier alpha value is -2.94. The number of nitrogens with zero attached hydrogens (tertiary/aromatic N) is 1. The zero-order valence-corrected chi connectivity index (χ0v) is 21.8. The van der Waals surface area contributed by atoms with Crippen LogP contribution >= 0.6 is 11.8 Å². The van der Waals surface area contributed by atoms with Crippen LogP contribution in [-0.2, 0) is 26.2 Å². The van der Waals surface area contributed by atoms with Crippen molar-refractivity contribution in [3.05, 3.63) is 70.9 Å². The molecular formula is C27H30F3NO4S. The molecule has 1 atom stereocenters. The quantitative estimate of drug-likeness (QED) is 0.304. The van der Waals surface area contributed by atoms with Crippen molar-refractivity contribution >= 4 is 34.7 Å². The molecule has 1 aromatic heterocycles. The number of halogens is 3. The third kappa shape index (κ3) is 6.43. The predicted octanol–water partition coefficient (Wildman–Crippen LogP) is 7.39. The number of rotatable bonds is 7. The molecule has 0 bridgehead atoms. The maximum atomic E-state index is 13.2. The van der Waals surface area contributed by atoms with Gasteiger partial charge in [0.15, 0.2) is 0 Å². The number of thioether (sulfide) groups is 1. The van der Waals surface area contributed by atoms with Crippen LogP contribution in [0.4, 0.5) is 18.0 Å². The van der Waals surface area contributed by atoms with E-state index in [4.69, 9.17) is 9.47 Å². The molecule has 0 saturated heterocycles. The molecule has 0 aliphatic rings. The van der Waals surface area contributed by atoms with Crippen molar-refractivity contribution in [1.82, 2.24) is 4.57 Å². The fraction of sp³-hybridized carbons (Fsp3) is 0.407. The normalized spacial score (nSPS) is 13.0. The van der Waals surface area contributed by atoms with Gasteiger partial charge in [-0.3, -0.25) is 9.36 Å². The van der Waals surface area contributed by atoms with Crippen molar-refractivity contribution in [1.29, 1.82) is 0 Å². The van der Waals surface area contributed by atoms with Crippen molar-refractivity contribution in [2.75, 3.05) is 12.9 Å². The molecule has 1 unspecified atom stereocenters. The zero-order chi connectivity index (χ0) is 26.7. The van der Waals surface area contributed by atoms with Crippen molar-refractivity contribution in [2.45, 2.75) is 57.6 Å². The van der Waals surface area contributed by atoms with E-state index in [2.05, 4.69) is 0 Å². The fourth-order valence-electron chi connectivity index (χ4n) is 4.09. The lowest BCUT2D eigenvalue weighted by Gasteiger charge is -2.20. The molecule has 36 heavy (non-hydrogen) atoms. The van der Waals surface area contributed by atoms with E-state index in [1.54, 1.807) is 45.7 Å². The van der Waals surface area contributed by atoms with Gasteiger partial charge in [-0.1, -0.05) is 30.3 Å². The highest BCUT2D eigenvalue weighted by Crippen LogP contribution is 2.38. The summed E-state index contributed by atoms with van der Waals surface area (Å²) in [6, 6.07) is 10.4. The molecule has 0 spiro atoms. The first-order chi connectivity index (χ1) is 16.9. The number of ether oxygens (including phenoxy) is 2. The molecular weight excluding hydrogens is 491 g/mol. The second kappa shape index (κ2) is 11.0. The summed E-state index contributed by atoms with van der Waals surface area (Å²) in [5.74, 6) is -0.491. The summed E-state index contributed by atoms with van der Waals surface area (Å²) in [4.78, 5) is 25.8. The van der Waals surface area contributed by atoms with E-state index < -0.39 is 35.3 Å². The molecule has 0 aliphatic carbocycles. The van der Waals surface area contributed by atoms with Gasteiger partial charge in [0, 0.05) is 23.3 Å². The third-order valence-corrected chi connectivity index (χ3v) is 6.12. The van der Waals surface area contributed by atoms with Crippen LogP contribution in [0.5, 0.6) is 0 Å². The summed E-state index contributed by atoms with van der Waals surface area (Å²) in [5.41, 5.74) is 1.18. The summed E-state index contributed by atoms with van der Waals surface area (Å²) in [6.07, 6.45) is -1.57. The van der Waals surface area contributed by atoms with Gasteiger partial charge in [0.05, 0.1) is 24.1 Å². The smallest absolute Gasteiger partial charge is 0.419 e. The van der Waals surface area contributed by atoms with Gasteiger partial charge in [-0.05, 0) is 62.8 Å². The Kier molecular flexibility index (Phi) is 8.44. The first kappa shape index (κ1) is 27.6. The predicted molar refractivity (Wildman–Crippen MR) is 135 cm³/mol. The minimum atomic E-state index is -4.48. The maximum absolute atomic E-state index is 13.2. The van der Waals surface area contributed by atoms with Crippen molar-refractivity contribution in [2.24, 2.45) is 0 Å². The largest absolute Gasteiger partial charge is 0.466 e. The highest BCUT2D eigenvalue weighted by Gasteiger charge is 2.32. The van der Waals surface area contributed by atoms with Crippen molar-refractivity contribution < 1.29 is 32.2 Å². The average Bonchev–Trinajstić information content (AvgIpc) is 3.17. The SMILES string of the molecule is CCOC(=O)CC(c1ccc(C(F)(F)F)cc1)c1cn(C(=O)OC(C)(C)C)c2c(CSC)cccc12. The van der Waals surface area contributed by atoms with Gasteiger partial charge in [0.25, 0.3) is 0 Å². The van der Waals surface area contributed by atoms with E-state index in [0.29, 0.717) is 22.4 Å². The van der Waals surface area contributed by atoms with Crippen molar-refractivity contribution in [3.8, 4) is 0 Å². The number of alkyl halides is 3. The minimum Gasteiger partial charge on any atom is -0.466 e. The molecule has 0 aliphatic heterocycles. The Morgan fingerprint density at radius 3 is 2.28 bits per heavy atom. The lowest BCUT2D eigenvalue weighted by atomic mass is 9.87. The maximum Gasteiger partial charge on any atom is 0.419 e. The Morgan fingerprint density at radius 2 is 1.72 bits per heavy atom. The minimum absolute atomic E-state index is 0.0978. The molecule has 194 valence electrons. The highest BCUT2D eigenvalue weighted by molar-refractivity contribution is 7.97. The lowest BCUT2D eigenvalue weighted by Crippen LogP contribution is -2.27. The number of carbonyl (C=O) groups is 2. The topological polar surface area (TPSA) is 57.5 Å². The molecule has 1 heterocycles. The van der Waals surface area contributed by atoms with Gasteiger partial charge >= 0.3 is 18.2 Å². The Labute approximate surface area is 213 Å². The molecule has 0 fully saturated rings. The summed E-state index contributed by atoms with van der Waals surface area (Å²) in [7, 11) is 0. The monoisotopic (exact) mass is 521 g/mol. The van der Waals surface area contributed by atoms with Crippen LogP contribution in [0.1, 0.15) is 62.3 Å². The van der Waals surface area contributed by atoms with E-state index in [1.165, 1.54) is 16.7 Å². The van der Waals surface area contributed by atoms with Crippen molar-refractivity contribution in [3.63, 3.8) is 0 Å².